The number of urea groups is 1. The minimum Gasteiger partial charge on any atom is -0.445 e. The fourth-order valence-electron chi connectivity index (χ4n) is 9.82. The van der Waals surface area contributed by atoms with Crippen LogP contribution >= 0.6 is 0 Å². The van der Waals surface area contributed by atoms with Gasteiger partial charge in [-0.1, -0.05) is 74.5 Å². The lowest BCUT2D eigenvalue weighted by molar-refractivity contribution is -0.137. The summed E-state index contributed by atoms with van der Waals surface area (Å²) in [5.41, 5.74) is 15.2. The number of aromatic amines is 1. The van der Waals surface area contributed by atoms with Crippen LogP contribution < -0.4 is 32.3 Å². The molecule has 7 amide bonds. The van der Waals surface area contributed by atoms with Crippen molar-refractivity contribution >= 4 is 52.9 Å². The van der Waals surface area contributed by atoms with Gasteiger partial charge in [0, 0.05) is 73.7 Å². The number of pyridine rings is 2. The molecule has 1 aliphatic heterocycles. The highest BCUT2D eigenvalue weighted by molar-refractivity contribution is 6.12. The van der Waals surface area contributed by atoms with Crippen LogP contribution in [0.1, 0.15) is 67.7 Å². The Morgan fingerprint density at radius 2 is 1.44 bits per heavy atom. The summed E-state index contributed by atoms with van der Waals surface area (Å²) in [6.45, 7) is 9.16. The maximum Gasteiger partial charge on any atom is 0.407 e. The predicted octanol–water partition coefficient (Wildman–Crippen LogP) is 6.36. The summed E-state index contributed by atoms with van der Waals surface area (Å²) >= 11 is 0. The fourth-order valence-corrected chi connectivity index (χ4v) is 9.82. The first-order valence-corrected chi connectivity index (χ1v) is 29.9. The number of alkyl carbamates (subject to hydrolysis) is 1. The smallest absolute Gasteiger partial charge is 0.407 e. The molecule has 0 aliphatic carbocycles. The van der Waals surface area contributed by atoms with E-state index in [1.807, 2.05) is 79.9 Å². The van der Waals surface area contributed by atoms with Crippen LogP contribution in [0.2, 0.25) is 0 Å². The molecule has 0 saturated carbocycles. The van der Waals surface area contributed by atoms with Crippen molar-refractivity contribution in [3.8, 4) is 33.8 Å². The van der Waals surface area contributed by atoms with Crippen LogP contribution in [0.15, 0.2) is 128 Å². The lowest BCUT2D eigenvalue weighted by Crippen LogP contribution is -2.45. The highest BCUT2D eigenvalue weighted by Crippen LogP contribution is 2.30. The topological polar surface area (TPSA) is 327 Å². The van der Waals surface area contributed by atoms with Gasteiger partial charge in [0.15, 0.2) is 11.4 Å². The monoisotopic (exact) mass is 1230 g/mol. The van der Waals surface area contributed by atoms with Gasteiger partial charge in [0.25, 0.3) is 11.8 Å². The first-order chi connectivity index (χ1) is 43.7. The van der Waals surface area contributed by atoms with E-state index in [0.29, 0.717) is 57.2 Å². The number of hydrogen-bond donors (Lipinski definition) is 7. The van der Waals surface area contributed by atoms with Crippen LogP contribution in [0.3, 0.4) is 0 Å². The molecule has 0 fully saturated rings. The zero-order chi connectivity index (χ0) is 63.6. The van der Waals surface area contributed by atoms with Gasteiger partial charge in [0.05, 0.1) is 89.1 Å². The molecule has 0 spiro atoms. The van der Waals surface area contributed by atoms with Crippen molar-refractivity contribution < 1.29 is 57.2 Å². The number of anilines is 1. The molecule has 0 unspecified atom stereocenters. The molecule has 7 aromatic rings. The van der Waals surface area contributed by atoms with E-state index < -0.39 is 30.0 Å². The molecular weight excluding hydrogens is 1150 g/mol. The van der Waals surface area contributed by atoms with E-state index in [4.69, 9.17) is 39.4 Å². The van der Waals surface area contributed by atoms with Crippen molar-refractivity contribution in [3.63, 3.8) is 0 Å². The summed E-state index contributed by atoms with van der Waals surface area (Å²) in [5.74, 6) is -2.20. The molecule has 0 bridgehead atoms. The number of rotatable bonds is 37. The Kier molecular flexibility index (Phi) is 25.3. The number of imide groups is 1. The second kappa shape index (κ2) is 34.3. The van der Waals surface area contributed by atoms with Crippen molar-refractivity contribution in [3.05, 3.63) is 156 Å². The van der Waals surface area contributed by atoms with E-state index in [9.17, 15) is 33.6 Å². The van der Waals surface area contributed by atoms with Crippen molar-refractivity contribution in [1.29, 1.82) is 0 Å². The van der Waals surface area contributed by atoms with E-state index >= 15 is 0 Å². The van der Waals surface area contributed by atoms with E-state index in [-0.39, 0.29) is 101 Å². The predicted molar refractivity (Wildman–Crippen MR) is 334 cm³/mol. The number of nitrogens with two attached hydrogens (primary N) is 1. The maximum absolute atomic E-state index is 13.8. The van der Waals surface area contributed by atoms with E-state index in [1.54, 1.807) is 42.6 Å². The zero-order valence-corrected chi connectivity index (χ0v) is 50.7. The average molecular weight is 1230 g/mol. The molecule has 1 aliphatic rings. The highest BCUT2D eigenvalue weighted by atomic mass is 16.6. The Morgan fingerprint density at radius 3 is 2.18 bits per heavy atom. The Balaban J connectivity index is 0.744. The number of carbonyl (C=O) groups excluding carboxylic acids is 7. The molecular formula is C65H77N13O12. The van der Waals surface area contributed by atoms with Crippen molar-refractivity contribution in [1.82, 2.24) is 55.7 Å². The summed E-state index contributed by atoms with van der Waals surface area (Å²) in [7, 11) is 0. The average Bonchev–Trinajstić information content (AvgIpc) is 1.68. The second-order valence-electron chi connectivity index (χ2n) is 21.6. The van der Waals surface area contributed by atoms with E-state index in [2.05, 4.69) is 53.8 Å². The molecule has 25 heteroatoms. The lowest BCUT2D eigenvalue weighted by atomic mass is 9.89. The molecule has 0 radical (unpaired) electrons. The highest BCUT2D eigenvalue weighted by Gasteiger charge is 2.30. The third-order valence-electron chi connectivity index (χ3n) is 14.5. The molecule has 3 aromatic carbocycles. The summed E-state index contributed by atoms with van der Waals surface area (Å²) < 4.78 is 29.2. The number of primary amides is 1. The number of nitrogens with zero attached hydrogens (tertiary/aromatic N) is 6. The number of nitrogens with one attached hydrogen (secondary N) is 6. The molecule has 0 saturated heterocycles. The number of imidazole rings is 1. The first kappa shape index (κ1) is 66.4. The molecule has 8 rings (SSSR count). The van der Waals surface area contributed by atoms with Gasteiger partial charge < -0.3 is 61.0 Å². The number of H-pyrrole nitrogens is 1. The summed E-state index contributed by atoms with van der Waals surface area (Å²) in [6.07, 6.45) is 5.67. The van der Waals surface area contributed by atoms with E-state index in [1.165, 1.54) is 18.5 Å². The van der Waals surface area contributed by atoms with Crippen molar-refractivity contribution in [2.75, 3.05) is 71.3 Å². The number of amides is 7. The normalized spacial score (nSPS) is 12.8. The number of ether oxygens (including phenoxy) is 5. The Bertz CT molecular complexity index is 3570. The Hall–Kier alpha value is -9.53. The van der Waals surface area contributed by atoms with Crippen LogP contribution in [-0.2, 0) is 73.9 Å². The third-order valence-corrected chi connectivity index (χ3v) is 14.5. The van der Waals surface area contributed by atoms with Gasteiger partial charge in [0.1, 0.15) is 18.8 Å². The number of aromatic nitrogens is 6. The van der Waals surface area contributed by atoms with Gasteiger partial charge in [-0.15, -0.1) is 0 Å². The van der Waals surface area contributed by atoms with Gasteiger partial charge in [0.2, 0.25) is 11.8 Å². The third kappa shape index (κ3) is 20.5. The number of hydrogen-bond acceptors (Lipinski definition) is 17. The van der Waals surface area contributed by atoms with Gasteiger partial charge in [-0.25, -0.2) is 24.1 Å². The Labute approximate surface area is 521 Å². The summed E-state index contributed by atoms with van der Waals surface area (Å²) in [4.78, 5) is 107. The molecule has 25 nitrogen and oxygen atoms in total. The maximum atomic E-state index is 13.8. The minimum absolute atomic E-state index is 0.00589. The number of benzene rings is 3. The second-order valence-corrected chi connectivity index (χ2v) is 21.6. The van der Waals surface area contributed by atoms with Gasteiger partial charge in [-0.3, -0.25) is 33.9 Å². The van der Waals surface area contributed by atoms with Crippen LogP contribution in [0.5, 0.6) is 0 Å². The zero-order valence-electron chi connectivity index (χ0n) is 50.7. The lowest BCUT2D eigenvalue weighted by Gasteiger charge is -2.24. The largest absolute Gasteiger partial charge is 0.445 e. The number of fused-ring (bicyclic) bond motifs is 1. The molecule has 90 heavy (non-hydrogen) atoms. The standard InChI is InChI=1S/C65H77N13O12/c1-43(2)60(76-57(80)24-27-86-29-31-88-33-34-89-32-30-87-28-26-77-58(81)22-23-59(77)82)54(79)36-48(13-8-25-68-64(66)84)63(83)73-51-19-16-45(17-20-51)41-90-65(85)69-37-46-10-7-12-47(35-46)52-14-5-4-11-49(52)38-67-39-55-74-61(50-18-21-56-70-42-71-78(56)40-50)62(75-55)53-15-6-9-44(3)72-53/h4-7,9-12,14-23,35,40,42-43,48,60,67H,8,13,24-34,36-39,41H2,1-3H3,(H,69,85)(H,73,83)(H,74,75)(H,76,80)(H3,66,68,84)/t48-,60+/m1/s1. The van der Waals surface area contributed by atoms with Gasteiger partial charge in [-0.05, 0) is 96.0 Å². The van der Waals surface area contributed by atoms with Gasteiger partial charge >= 0.3 is 12.1 Å². The first-order valence-electron chi connectivity index (χ1n) is 29.9. The van der Waals surface area contributed by atoms with Crippen molar-refractivity contribution in [2.45, 2.75) is 78.7 Å². The Morgan fingerprint density at radius 1 is 0.722 bits per heavy atom. The molecule has 474 valence electrons. The fraction of sp³-hybridized carbons (Fsp3) is 0.369. The number of carbonyl (C=O) groups is 7. The minimum atomic E-state index is -0.873. The number of aryl methyl sites for hydroxylation is 1. The van der Waals surface area contributed by atoms with Crippen LogP contribution in [0, 0.1) is 18.8 Å². The SMILES string of the molecule is Cc1cccc(-c2[nH]c(CNCc3ccccc3-c3cccc(CNC(=O)OCc4ccc(NC(=O)[C@H](CCCNC(N)=O)CC(=O)[C@@H](NC(=O)CCOCCOCCOCCOCCN5C(=O)C=CC5=O)C(C)C)cc4)c3)nc2-c2ccc3ncnn3c2)n1. The quantitative estimate of drug-likeness (QED) is 0.0165. The molecule has 8 N–H and O–H groups in total. The summed E-state index contributed by atoms with van der Waals surface area (Å²) in [5, 5.41) is 18.9. The van der Waals surface area contributed by atoms with Crippen LogP contribution in [-0.4, -0.2) is 148 Å². The molecule has 5 heterocycles. The van der Waals surface area contributed by atoms with Crippen molar-refractivity contribution in [2.24, 2.45) is 17.6 Å². The number of Topliss-reactive ketones (excluding diaryl/α,β-unsaturated/α-hetero) is 1. The van der Waals surface area contributed by atoms with Crippen LogP contribution in [0.25, 0.3) is 39.4 Å². The summed E-state index contributed by atoms with van der Waals surface area (Å²) in [6, 6.07) is 31.1. The van der Waals surface area contributed by atoms with Gasteiger partial charge in [-0.2, -0.15) is 5.10 Å². The molecule has 2 atom stereocenters. The molecule has 4 aromatic heterocycles. The van der Waals surface area contributed by atoms with Crippen LogP contribution in [0.4, 0.5) is 15.3 Å². The number of ketones is 1. The van der Waals surface area contributed by atoms with E-state index in [0.717, 1.165) is 67.0 Å².